The Hall–Kier alpha value is -2.92. The van der Waals surface area contributed by atoms with Crippen LogP contribution < -0.4 is 4.90 Å². The zero-order valence-corrected chi connectivity index (χ0v) is 16.3. The summed E-state index contributed by atoms with van der Waals surface area (Å²) in [5, 5.41) is 6.22. The molecule has 0 aliphatic carbocycles. The van der Waals surface area contributed by atoms with Crippen LogP contribution in [0.15, 0.2) is 71.3 Å². The van der Waals surface area contributed by atoms with Gasteiger partial charge in [-0.25, -0.2) is 5.01 Å². The van der Waals surface area contributed by atoms with Gasteiger partial charge in [0.25, 0.3) is 0 Å². The molecular formula is C23H26N4O. The second kappa shape index (κ2) is 8.40. The summed E-state index contributed by atoms with van der Waals surface area (Å²) in [5.41, 5.74) is 4.29. The number of rotatable bonds is 4. The molecular weight excluding hydrogens is 348 g/mol. The first-order valence-corrected chi connectivity index (χ1v) is 9.83. The molecule has 0 bridgehead atoms. The van der Waals surface area contributed by atoms with Crippen molar-refractivity contribution in [3.63, 3.8) is 0 Å². The van der Waals surface area contributed by atoms with Gasteiger partial charge in [0.2, 0.25) is 5.91 Å². The lowest BCUT2D eigenvalue weighted by Crippen LogP contribution is -2.50. The number of amides is 1. The maximum Gasteiger partial charge on any atom is 0.248 e. The Labute approximate surface area is 166 Å². The standard InChI is InChI=1S/C23H26N4O/c1-19-21(16-20-8-4-2-5-9-20)17-23(28)27(24-19)18-25-12-14-26(15-13-25)22-10-6-3-7-11-22/h2-11,16H,12-15,17-18H2,1H3/b21-16-. The molecule has 1 saturated heterocycles. The number of piperazine rings is 1. The number of hydrogen-bond acceptors (Lipinski definition) is 4. The number of hydrazone groups is 1. The molecule has 2 heterocycles. The lowest BCUT2D eigenvalue weighted by atomic mass is 10.0. The van der Waals surface area contributed by atoms with Crippen LogP contribution in [0.25, 0.3) is 6.08 Å². The van der Waals surface area contributed by atoms with Crippen molar-refractivity contribution in [2.45, 2.75) is 13.3 Å². The SMILES string of the molecule is CC1=NN(CN2CCN(c3ccccc3)CC2)C(=O)C/C1=C/c1ccccc1. The number of anilines is 1. The van der Waals surface area contributed by atoms with Crippen LogP contribution in [-0.2, 0) is 4.79 Å². The molecule has 0 radical (unpaired) electrons. The minimum Gasteiger partial charge on any atom is -0.369 e. The molecule has 0 spiro atoms. The van der Waals surface area contributed by atoms with E-state index in [1.165, 1.54) is 5.69 Å². The number of nitrogens with zero attached hydrogens (tertiary/aromatic N) is 4. The van der Waals surface area contributed by atoms with Crippen LogP contribution in [0.3, 0.4) is 0 Å². The third-order valence-electron chi connectivity index (χ3n) is 5.33. The van der Waals surface area contributed by atoms with Crippen LogP contribution in [-0.4, -0.2) is 54.4 Å². The zero-order chi connectivity index (χ0) is 19.3. The van der Waals surface area contributed by atoms with Gasteiger partial charge >= 0.3 is 0 Å². The summed E-state index contributed by atoms with van der Waals surface area (Å²) in [6, 6.07) is 20.6. The van der Waals surface area contributed by atoms with Crippen molar-refractivity contribution < 1.29 is 4.79 Å². The van der Waals surface area contributed by atoms with Crippen molar-refractivity contribution in [3.05, 3.63) is 71.8 Å². The molecule has 1 amide bonds. The van der Waals surface area contributed by atoms with E-state index >= 15 is 0 Å². The molecule has 5 heteroatoms. The molecule has 2 aromatic carbocycles. The first-order chi connectivity index (χ1) is 13.7. The fourth-order valence-corrected chi connectivity index (χ4v) is 3.68. The maximum atomic E-state index is 12.6. The van der Waals surface area contributed by atoms with E-state index in [1.807, 2.05) is 43.3 Å². The lowest BCUT2D eigenvalue weighted by molar-refractivity contribution is -0.133. The van der Waals surface area contributed by atoms with E-state index in [-0.39, 0.29) is 5.91 Å². The Bertz CT molecular complexity index is 868. The minimum atomic E-state index is 0.0678. The van der Waals surface area contributed by atoms with E-state index in [9.17, 15) is 4.79 Å². The largest absolute Gasteiger partial charge is 0.369 e. The molecule has 1 fully saturated rings. The van der Waals surface area contributed by atoms with Gasteiger partial charge in [0.15, 0.2) is 0 Å². The van der Waals surface area contributed by atoms with E-state index < -0.39 is 0 Å². The highest BCUT2D eigenvalue weighted by Gasteiger charge is 2.26. The van der Waals surface area contributed by atoms with Crippen LogP contribution in [0.1, 0.15) is 18.9 Å². The average Bonchev–Trinajstić information content (AvgIpc) is 2.74. The Kier molecular flexibility index (Phi) is 5.53. The second-order valence-corrected chi connectivity index (χ2v) is 7.32. The fourth-order valence-electron chi connectivity index (χ4n) is 3.68. The summed E-state index contributed by atoms with van der Waals surface area (Å²) >= 11 is 0. The van der Waals surface area contributed by atoms with Gasteiger partial charge in [-0.05, 0) is 36.3 Å². The Morgan fingerprint density at radius 3 is 2.25 bits per heavy atom. The van der Waals surface area contributed by atoms with Gasteiger partial charge in [0.1, 0.15) is 0 Å². The summed E-state index contributed by atoms with van der Waals surface area (Å²) in [7, 11) is 0. The van der Waals surface area contributed by atoms with E-state index in [4.69, 9.17) is 0 Å². The molecule has 2 aliphatic heterocycles. The highest BCUT2D eigenvalue weighted by molar-refractivity contribution is 6.08. The zero-order valence-electron chi connectivity index (χ0n) is 16.3. The molecule has 2 aromatic rings. The molecule has 144 valence electrons. The number of benzene rings is 2. The first-order valence-electron chi connectivity index (χ1n) is 9.83. The normalized spacial score (nSPS) is 19.8. The molecule has 0 aromatic heterocycles. The van der Waals surface area contributed by atoms with E-state index in [0.29, 0.717) is 13.1 Å². The number of carbonyl (C=O) groups is 1. The lowest BCUT2D eigenvalue weighted by Gasteiger charge is -2.38. The molecule has 4 rings (SSSR count). The summed E-state index contributed by atoms with van der Waals surface area (Å²) in [6.07, 6.45) is 2.47. The van der Waals surface area contributed by atoms with E-state index in [1.54, 1.807) is 5.01 Å². The van der Waals surface area contributed by atoms with Crippen LogP contribution in [0, 0.1) is 0 Å². The van der Waals surface area contributed by atoms with Gasteiger partial charge in [-0.2, -0.15) is 5.10 Å². The molecule has 0 saturated carbocycles. The smallest absolute Gasteiger partial charge is 0.248 e. The summed E-state index contributed by atoms with van der Waals surface area (Å²) < 4.78 is 0. The molecule has 28 heavy (non-hydrogen) atoms. The monoisotopic (exact) mass is 374 g/mol. The van der Waals surface area contributed by atoms with Gasteiger partial charge in [-0.15, -0.1) is 0 Å². The van der Waals surface area contributed by atoms with Gasteiger partial charge < -0.3 is 4.90 Å². The Morgan fingerprint density at radius 1 is 0.929 bits per heavy atom. The van der Waals surface area contributed by atoms with Gasteiger partial charge in [0.05, 0.1) is 18.8 Å². The van der Waals surface area contributed by atoms with Crippen molar-refractivity contribution in [2.24, 2.45) is 5.10 Å². The number of para-hydroxylation sites is 1. The molecule has 5 nitrogen and oxygen atoms in total. The fraction of sp³-hybridized carbons (Fsp3) is 0.304. The first kappa shape index (κ1) is 18.4. The van der Waals surface area contributed by atoms with Gasteiger partial charge in [0, 0.05) is 31.9 Å². The van der Waals surface area contributed by atoms with Gasteiger partial charge in [-0.3, -0.25) is 9.69 Å². The van der Waals surface area contributed by atoms with E-state index in [2.05, 4.69) is 45.2 Å². The van der Waals surface area contributed by atoms with E-state index in [0.717, 1.165) is 43.0 Å². The number of hydrogen-bond donors (Lipinski definition) is 0. The maximum absolute atomic E-state index is 12.6. The topological polar surface area (TPSA) is 39.1 Å². The Balaban J connectivity index is 1.37. The predicted octanol–water partition coefficient (Wildman–Crippen LogP) is 3.46. The second-order valence-electron chi connectivity index (χ2n) is 7.32. The minimum absolute atomic E-state index is 0.0678. The summed E-state index contributed by atoms with van der Waals surface area (Å²) in [5.74, 6) is 0.0678. The quantitative estimate of drug-likeness (QED) is 0.823. The number of carbonyl (C=O) groups excluding carboxylic acids is 1. The predicted molar refractivity (Wildman–Crippen MR) is 114 cm³/mol. The highest BCUT2D eigenvalue weighted by atomic mass is 16.2. The third-order valence-corrected chi connectivity index (χ3v) is 5.33. The molecule has 0 unspecified atom stereocenters. The van der Waals surface area contributed by atoms with Crippen LogP contribution in [0.4, 0.5) is 5.69 Å². The summed E-state index contributed by atoms with van der Waals surface area (Å²) in [6.45, 7) is 6.35. The highest BCUT2D eigenvalue weighted by Crippen LogP contribution is 2.20. The van der Waals surface area contributed by atoms with Crippen molar-refractivity contribution in [1.29, 1.82) is 0 Å². The Morgan fingerprint density at radius 2 is 1.57 bits per heavy atom. The third kappa shape index (κ3) is 4.31. The van der Waals surface area contributed by atoms with Crippen molar-refractivity contribution in [1.82, 2.24) is 9.91 Å². The van der Waals surface area contributed by atoms with Crippen LogP contribution in [0.5, 0.6) is 0 Å². The molecule has 2 aliphatic rings. The van der Waals surface area contributed by atoms with Crippen molar-refractivity contribution in [3.8, 4) is 0 Å². The molecule has 0 N–H and O–H groups in total. The van der Waals surface area contributed by atoms with Crippen LogP contribution >= 0.6 is 0 Å². The average molecular weight is 374 g/mol. The van der Waals surface area contributed by atoms with Crippen molar-refractivity contribution >= 4 is 23.4 Å². The van der Waals surface area contributed by atoms with Crippen LogP contribution in [0.2, 0.25) is 0 Å². The summed E-state index contributed by atoms with van der Waals surface area (Å²) in [4.78, 5) is 17.3. The van der Waals surface area contributed by atoms with Gasteiger partial charge in [-0.1, -0.05) is 48.5 Å². The van der Waals surface area contributed by atoms with Crippen molar-refractivity contribution in [2.75, 3.05) is 37.7 Å². The molecule has 0 atom stereocenters.